The zero-order valence-electron chi connectivity index (χ0n) is 11.4. The molecule has 0 atom stereocenters. The van der Waals surface area contributed by atoms with Crippen LogP contribution < -0.4 is 11.1 Å². The number of aromatic hydroxyl groups is 2. The van der Waals surface area contributed by atoms with E-state index in [4.69, 9.17) is 4.74 Å². The zero-order chi connectivity index (χ0) is 15.6. The Labute approximate surface area is 118 Å². The lowest BCUT2D eigenvalue weighted by atomic mass is 10.3. The fraction of sp³-hybridized carbons (Fsp3) is 0.333. The van der Waals surface area contributed by atoms with Crippen LogP contribution in [0.15, 0.2) is 9.59 Å². The molecular weight excluding hydrogens is 280 g/mol. The number of nitrogens with zero attached hydrogens (tertiary/aromatic N) is 2. The average Bonchev–Trinajstić information content (AvgIpc) is 2.34. The van der Waals surface area contributed by atoms with E-state index in [1.54, 1.807) is 0 Å². The Balaban J connectivity index is 2.13. The van der Waals surface area contributed by atoms with E-state index < -0.39 is 22.9 Å². The number of aromatic nitrogens is 4. The van der Waals surface area contributed by atoms with Crippen LogP contribution in [0.4, 0.5) is 0 Å². The molecule has 2 aromatic heterocycles. The molecule has 9 heteroatoms. The average molecular weight is 294 g/mol. The molecule has 0 aromatic carbocycles. The molecule has 0 spiro atoms. The van der Waals surface area contributed by atoms with Crippen LogP contribution >= 0.6 is 0 Å². The normalized spacial score (nSPS) is 10.8. The first-order valence-corrected chi connectivity index (χ1v) is 6.03. The topological polar surface area (TPSA) is 141 Å². The molecule has 0 aliphatic carbocycles. The molecule has 0 fully saturated rings. The molecule has 0 aliphatic rings. The van der Waals surface area contributed by atoms with Gasteiger partial charge in [-0.05, 0) is 13.8 Å². The summed E-state index contributed by atoms with van der Waals surface area (Å²) in [5, 5.41) is 19.1. The highest BCUT2D eigenvalue weighted by Crippen LogP contribution is 2.13. The Hall–Kier alpha value is -2.68. The molecule has 0 saturated carbocycles. The monoisotopic (exact) mass is 294 g/mol. The second kappa shape index (κ2) is 5.75. The van der Waals surface area contributed by atoms with Gasteiger partial charge in [-0.1, -0.05) is 0 Å². The number of rotatable bonds is 4. The van der Waals surface area contributed by atoms with Crippen LogP contribution in [0.5, 0.6) is 11.8 Å². The quantitative estimate of drug-likeness (QED) is 0.601. The van der Waals surface area contributed by atoms with Crippen molar-refractivity contribution < 1.29 is 14.9 Å². The minimum Gasteiger partial charge on any atom is -0.493 e. The van der Waals surface area contributed by atoms with E-state index in [1.807, 2.05) is 0 Å². The Kier molecular flexibility index (Phi) is 4.03. The molecule has 0 amide bonds. The van der Waals surface area contributed by atoms with Gasteiger partial charge in [0.25, 0.3) is 11.1 Å². The van der Waals surface area contributed by atoms with Crippen LogP contribution in [0.2, 0.25) is 0 Å². The third kappa shape index (κ3) is 3.26. The Morgan fingerprint density at radius 3 is 1.62 bits per heavy atom. The molecular formula is C12H14N4O5. The maximum Gasteiger partial charge on any atom is 0.260 e. The third-order valence-electron chi connectivity index (χ3n) is 2.72. The van der Waals surface area contributed by atoms with Crippen molar-refractivity contribution in [1.82, 2.24) is 19.9 Å². The fourth-order valence-electron chi connectivity index (χ4n) is 1.71. The highest BCUT2D eigenvalue weighted by Gasteiger charge is 2.12. The number of hydrogen-bond acceptors (Lipinski definition) is 7. The van der Waals surface area contributed by atoms with Gasteiger partial charge in [-0.3, -0.25) is 9.59 Å². The maximum atomic E-state index is 11.6. The smallest absolute Gasteiger partial charge is 0.260 e. The lowest BCUT2D eigenvalue weighted by Gasteiger charge is -2.06. The number of nitrogens with one attached hydrogen (secondary N) is 2. The first kappa shape index (κ1) is 14.7. The van der Waals surface area contributed by atoms with Crippen molar-refractivity contribution >= 4 is 0 Å². The Bertz CT molecular complexity index is 715. The molecule has 0 bridgehead atoms. The van der Waals surface area contributed by atoms with Gasteiger partial charge in [0.15, 0.2) is 0 Å². The van der Waals surface area contributed by atoms with Crippen molar-refractivity contribution in [3.05, 3.63) is 43.5 Å². The minimum absolute atomic E-state index is 0.0587. The van der Waals surface area contributed by atoms with Crippen molar-refractivity contribution in [2.24, 2.45) is 0 Å². The van der Waals surface area contributed by atoms with Crippen LogP contribution in [-0.4, -0.2) is 30.1 Å². The SMILES string of the molecule is Cc1nc(O)c(COCc2c(O)nc(C)[nH]c2=O)c(=O)[nH]1. The lowest BCUT2D eigenvalue weighted by molar-refractivity contribution is 0.101. The molecule has 0 aliphatic heterocycles. The summed E-state index contributed by atoms with van der Waals surface area (Å²) < 4.78 is 5.17. The summed E-state index contributed by atoms with van der Waals surface area (Å²) in [5.74, 6) is -0.316. The van der Waals surface area contributed by atoms with E-state index in [-0.39, 0.29) is 36.0 Å². The molecule has 0 saturated heterocycles. The minimum atomic E-state index is -0.528. The molecule has 4 N–H and O–H groups in total. The number of ether oxygens (including phenoxy) is 1. The highest BCUT2D eigenvalue weighted by atomic mass is 16.5. The van der Waals surface area contributed by atoms with E-state index in [9.17, 15) is 19.8 Å². The van der Waals surface area contributed by atoms with Crippen LogP contribution in [0.3, 0.4) is 0 Å². The summed E-state index contributed by atoms with van der Waals surface area (Å²) in [6, 6.07) is 0. The van der Waals surface area contributed by atoms with Gasteiger partial charge < -0.3 is 24.9 Å². The summed E-state index contributed by atoms with van der Waals surface area (Å²) in [7, 11) is 0. The number of H-pyrrole nitrogens is 2. The summed E-state index contributed by atoms with van der Waals surface area (Å²) in [6.45, 7) is 2.53. The molecule has 9 nitrogen and oxygen atoms in total. The van der Waals surface area contributed by atoms with E-state index in [1.165, 1.54) is 13.8 Å². The van der Waals surface area contributed by atoms with E-state index >= 15 is 0 Å². The Morgan fingerprint density at radius 2 is 1.29 bits per heavy atom. The van der Waals surface area contributed by atoms with Gasteiger partial charge in [-0.15, -0.1) is 0 Å². The first-order chi connectivity index (χ1) is 9.88. The van der Waals surface area contributed by atoms with Gasteiger partial charge in [-0.2, -0.15) is 0 Å². The second-order valence-corrected chi connectivity index (χ2v) is 4.40. The molecule has 112 valence electrons. The zero-order valence-corrected chi connectivity index (χ0v) is 11.4. The summed E-state index contributed by atoms with van der Waals surface area (Å²) in [5.41, 5.74) is -1.17. The largest absolute Gasteiger partial charge is 0.493 e. The van der Waals surface area contributed by atoms with Crippen molar-refractivity contribution in [2.75, 3.05) is 0 Å². The third-order valence-corrected chi connectivity index (χ3v) is 2.72. The van der Waals surface area contributed by atoms with Gasteiger partial charge in [-0.25, -0.2) is 9.97 Å². The number of hydrogen-bond donors (Lipinski definition) is 4. The predicted octanol–water partition coefficient (Wildman–Crippen LogP) is -0.402. The van der Waals surface area contributed by atoms with Gasteiger partial charge in [0, 0.05) is 0 Å². The number of aromatic amines is 2. The Morgan fingerprint density at radius 1 is 0.905 bits per heavy atom. The van der Waals surface area contributed by atoms with Crippen LogP contribution in [0.25, 0.3) is 0 Å². The fourth-order valence-corrected chi connectivity index (χ4v) is 1.71. The molecule has 0 radical (unpaired) electrons. The maximum absolute atomic E-state index is 11.6. The second-order valence-electron chi connectivity index (χ2n) is 4.40. The summed E-state index contributed by atoms with van der Waals surface area (Å²) >= 11 is 0. The van der Waals surface area contributed by atoms with E-state index in [2.05, 4.69) is 19.9 Å². The van der Waals surface area contributed by atoms with E-state index in [0.29, 0.717) is 0 Å². The van der Waals surface area contributed by atoms with Gasteiger partial charge in [0.05, 0.1) is 13.2 Å². The van der Waals surface area contributed by atoms with Crippen LogP contribution in [0.1, 0.15) is 22.8 Å². The summed E-state index contributed by atoms with van der Waals surface area (Å²) in [6.07, 6.45) is 0. The molecule has 21 heavy (non-hydrogen) atoms. The number of aryl methyl sites for hydroxylation is 2. The van der Waals surface area contributed by atoms with Gasteiger partial charge in [0.2, 0.25) is 11.8 Å². The lowest BCUT2D eigenvalue weighted by Crippen LogP contribution is -2.19. The molecule has 2 rings (SSSR count). The van der Waals surface area contributed by atoms with Crippen LogP contribution in [-0.2, 0) is 18.0 Å². The van der Waals surface area contributed by atoms with Crippen LogP contribution in [0, 0.1) is 13.8 Å². The van der Waals surface area contributed by atoms with Gasteiger partial charge in [0.1, 0.15) is 22.8 Å². The predicted molar refractivity (Wildman–Crippen MR) is 71.0 cm³/mol. The van der Waals surface area contributed by atoms with Crippen molar-refractivity contribution in [2.45, 2.75) is 27.1 Å². The summed E-state index contributed by atoms with van der Waals surface area (Å²) in [4.78, 5) is 35.5. The first-order valence-electron chi connectivity index (χ1n) is 6.03. The van der Waals surface area contributed by atoms with Gasteiger partial charge >= 0.3 is 0 Å². The van der Waals surface area contributed by atoms with Crippen molar-refractivity contribution in [1.29, 1.82) is 0 Å². The highest BCUT2D eigenvalue weighted by molar-refractivity contribution is 5.23. The van der Waals surface area contributed by atoms with Crippen molar-refractivity contribution in [3.63, 3.8) is 0 Å². The molecule has 2 heterocycles. The van der Waals surface area contributed by atoms with Crippen molar-refractivity contribution in [3.8, 4) is 11.8 Å². The molecule has 2 aromatic rings. The molecule has 0 unspecified atom stereocenters. The standard InChI is InChI=1S/C12H14N4O5/c1-5-13-9(17)7(10(18)14-5)3-21-4-8-11(19)15-6(2)16-12(8)20/h3-4H2,1-2H3,(H2,13,14,17,18)(H2,15,16,19,20). The van der Waals surface area contributed by atoms with E-state index in [0.717, 1.165) is 0 Å².